The maximum absolute atomic E-state index is 6.20. The van der Waals surface area contributed by atoms with Crippen molar-refractivity contribution in [3.05, 3.63) is 0 Å². The van der Waals surface area contributed by atoms with Gasteiger partial charge in [0.25, 0.3) is 0 Å². The number of hydrogen-bond acceptors (Lipinski definition) is 2. The Bertz CT molecular complexity index is 396. The Labute approximate surface area is 140 Å². The van der Waals surface area contributed by atoms with Crippen molar-refractivity contribution in [1.82, 2.24) is 4.90 Å². The van der Waals surface area contributed by atoms with Crippen LogP contribution in [0, 0.1) is 11.8 Å². The van der Waals surface area contributed by atoms with E-state index in [9.17, 15) is 0 Å². The van der Waals surface area contributed by atoms with Gasteiger partial charge < -0.3 is 4.43 Å². The number of hydrogen-bond donors (Lipinski definition) is 0. The molecule has 1 rings (SSSR count). The van der Waals surface area contributed by atoms with Crippen molar-refractivity contribution in [3.63, 3.8) is 0 Å². The van der Waals surface area contributed by atoms with Gasteiger partial charge in [0, 0.05) is 0 Å². The lowest BCUT2D eigenvalue weighted by atomic mass is 9.93. The highest BCUT2D eigenvalue weighted by Crippen LogP contribution is 2.36. The largest absolute Gasteiger partial charge is 0.406 e. The van der Waals surface area contributed by atoms with Gasteiger partial charge in [-0.15, -0.1) is 0 Å². The zero-order chi connectivity index (χ0) is 16.9. The fourth-order valence-corrected chi connectivity index (χ4v) is 3.56. The standard InChI is InChI=1S/C19H37NOSi/c1-8-9-13-19(5,20-15-10-11-16-20)14-12-17-21-22(6,7)18(2,3)4/h8-11,13,15-17H2,1-7H3. The first-order chi connectivity index (χ1) is 10.1. The first-order valence-corrected chi connectivity index (χ1v) is 11.9. The van der Waals surface area contributed by atoms with Gasteiger partial charge in [0.1, 0.15) is 0 Å². The number of likely N-dealkylation sites (tertiary alicyclic amines) is 1. The van der Waals surface area contributed by atoms with Gasteiger partial charge in [0.2, 0.25) is 0 Å². The predicted molar refractivity (Wildman–Crippen MR) is 99.7 cm³/mol. The highest BCUT2D eigenvalue weighted by atomic mass is 28.4. The molecule has 1 saturated heterocycles. The molecule has 0 spiro atoms. The van der Waals surface area contributed by atoms with E-state index >= 15 is 0 Å². The lowest BCUT2D eigenvalue weighted by Gasteiger charge is -2.36. The Hall–Kier alpha value is -0.303. The van der Waals surface area contributed by atoms with Gasteiger partial charge in [-0.2, -0.15) is 0 Å². The van der Waals surface area contributed by atoms with E-state index in [0.29, 0.717) is 6.61 Å². The second-order valence-corrected chi connectivity index (χ2v) is 13.2. The predicted octanol–water partition coefficient (Wildman–Crippen LogP) is 5.06. The van der Waals surface area contributed by atoms with E-state index in [4.69, 9.17) is 4.43 Å². The molecular formula is C19H37NOSi. The van der Waals surface area contributed by atoms with Crippen LogP contribution in [0.1, 0.15) is 66.7 Å². The van der Waals surface area contributed by atoms with Gasteiger partial charge in [0.05, 0.1) is 12.1 Å². The molecule has 1 aliphatic rings. The van der Waals surface area contributed by atoms with Gasteiger partial charge >= 0.3 is 0 Å². The van der Waals surface area contributed by atoms with E-state index < -0.39 is 8.32 Å². The zero-order valence-electron chi connectivity index (χ0n) is 16.0. The monoisotopic (exact) mass is 323 g/mol. The van der Waals surface area contributed by atoms with Gasteiger partial charge in [0.15, 0.2) is 8.32 Å². The quantitative estimate of drug-likeness (QED) is 0.500. The van der Waals surface area contributed by atoms with Crippen LogP contribution in [0.2, 0.25) is 18.1 Å². The van der Waals surface area contributed by atoms with Crippen LogP contribution < -0.4 is 0 Å². The average molecular weight is 324 g/mol. The summed E-state index contributed by atoms with van der Waals surface area (Å²) in [5, 5.41) is 0.259. The van der Waals surface area contributed by atoms with Crippen LogP contribution in [0.4, 0.5) is 0 Å². The summed E-state index contributed by atoms with van der Waals surface area (Å²) in [6.07, 6.45) is 6.32. The number of rotatable bonds is 6. The molecule has 2 nitrogen and oxygen atoms in total. The first-order valence-electron chi connectivity index (χ1n) is 9.01. The molecular weight excluding hydrogens is 286 g/mol. The maximum atomic E-state index is 6.20. The summed E-state index contributed by atoms with van der Waals surface area (Å²) in [4.78, 5) is 2.59. The molecule has 128 valence electrons. The van der Waals surface area contributed by atoms with E-state index in [2.05, 4.69) is 64.5 Å². The van der Waals surface area contributed by atoms with Crippen molar-refractivity contribution in [3.8, 4) is 11.8 Å². The Kier molecular flexibility index (Phi) is 7.17. The molecule has 0 radical (unpaired) electrons. The maximum Gasteiger partial charge on any atom is 0.193 e. The highest BCUT2D eigenvalue weighted by molar-refractivity contribution is 6.74. The Balaban J connectivity index is 2.67. The second kappa shape index (κ2) is 7.99. The van der Waals surface area contributed by atoms with Crippen molar-refractivity contribution < 1.29 is 4.43 Å². The van der Waals surface area contributed by atoms with Crippen molar-refractivity contribution in [2.45, 2.75) is 90.4 Å². The molecule has 0 bridgehead atoms. The number of nitrogens with zero attached hydrogens (tertiary/aromatic N) is 1. The van der Waals surface area contributed by atoms with Gasteiger partial charge in [-0.05, 0) is 57.4 Å². The molecule has 0 amide bonds. The van der Waals surface area contributed by atoms with Gasteiger partial charge in [-0.1, -0.05) is 52.4 Å². The zero-order valence-corrected chi connectivity index (χ0v) is 17.0. The molecule has 1 heterocycles. The van der Waals surface area contributed by atoms with Gasteiger partial charge in [-0.3, -0.25) is 4.90 Å². The number of unbranched alkanes of at least 4 members (excludes halogenated alkanes) is 1. The second-order valence-electron chi connectivity index (χ2n) is 8.42. The van der Waals surface area contributed by atoms with Crippen LogP contribution in [-0.4, -0.2) is 38.5 Å². The summed E-state index contributed by atoms with van der Waals surface area (Å²) >= 11 is 0. The minimum absolute atomic E-state index is 0.0449. The molecule has 0 aromatic heterocycles. The summed E-state index contributed by atoms with van der Waals surface area (Å²) < 4.78 is 6.20. The summed E-state index contributed by atoms with van der Waals surface area (Å²) in [5.74, 6) is 6.93. The molecule has 0 aromatic rings. The van der Waals surface area contributed by atoms with Gasteiger partial charge in [-0.25, -0.2) is 0 Å². The third-order valence-electron chi connectivity index (χ3n) is 5.49. The van der Waals surface area contributed by atoms with E-state index in [1.807, 2.05) is 0 Å². The lowest BCUT2D eigenvalue weighted by molar-refractivity contribution is 0.179. The highest BCUT2D eigenvalue weighted by Gasteiger charge is 2.37. The normalized spacial score (nSPS) is 19.6. The molecule has 22 heavy (non-hydrogen) atoms. The smallest absolute Gasteiger partial charge is 0.193 e. The summed E-state index contributed by atoms with van der Waals surface area (Å²) in [5.41, 5.74) is 0.0449. The molecule has 1 aliphatic heterocycles. The third kappa shape index (κ3) is 5.40. The Morgan fingerprint density at radius 3 is 2.18 bits per heavy atom. The molecule has 0 N–H and O–H groups in total. The van der Waals surface area contributed by atoms with Crippen molar-refractivity contribution in [2.75, 3.05) is 19.7 Å². The van der Waals surface area contributed by atoms with E-state index in [1.165, 1.54) is 45.2 Å². The van der Waals surface area contributed by atoms with Crippen molar-refractivity contribution in [1.29, 1.82) is 0 Å². The van der Waals surface area contributed by atoms with Crippen molar-refractivity contribution in [2.24, 2.45) is 0 Å². The summed E-state index contributed by atoms with van der Waals surface area (Å²) in [6, 6.07) is 0. The molecule has 0 saturated carbocycles. The van der Waals surface area contributed by atoms with E-state index in [0.717, 1.165) is 0 Å². The van der Waals surface area contributed by atoms with Crippen LogP contribution in [0.3, 0.4) is 0 Å². The van der Waals surface area contributed by atoms with Crippen LogP contribution in [0.15, 0.2) is 0 Å². The molecule has 0 aromatic carbocycles. The molecule has 1 fully saturated rings. The summed E-state index contributed by atoms with van der Waals surface area (Å²) in [6.45, 7) is 19.0. The van der Waals surface area contributed by atoms with Crippen LogP contribution >= 0.6 is 0 Å². The minimum atomic E-state index is -1.67. The topological polar surface area (TPSA) is 12.5 Å². The fourth-order valence-electron chi connectivity index (χ4n) is 2.69. The van der Waals surface area contributed by atoms with Crippen LogP contribution in [0.25, 0.3) is 0 Å². The molecule has 1 atom stereocenters. The lowest BCUT2D eigenvalue weighted by Crippen LogP contribution is -2.43. The molecule has 1 unspecified atom stereocenters. The minimum Gasteiger partial charge on any atom is -0.406 e. The summed E-state index contributed by atoms with van der Waals surface area (Å²) in [7, 11) is -1.67. The first kappa shape index (κ1) is 19.7. The molecule has 0 aliphatic carbocycles. The van der Waals surface area contributed by atoms with E-state index in [1.54, 1.807) is 0 Å². The molecule has 3 heteroatoms. The van der Waals surface area contributed by atoms with Crippen LogP contribution in [0.5, 0.6) is 0 Å². The fraction of sp³-hybridized carbons (Fsp3) is 0.895. The Morgan fingerprint density at radius 2 is 1.68 bits per heavy atom. The SMILES string of the molecule is CCCCC(C)(C#CCO[Si](C)(C)C(C)(C)C)N1CCCC1. The van der Waals surface area contributed by atoms with E-state index in [-0.39, 0.29) is 10.6 Å². The third-order valence-corrected chi connectivity index (χ3v) is 9.97. The van der Waals surface area contributed by atoms with Crippen LogP contribution in [-0.2, 0) is 4.43 Å². The Morgan fingerprint density at radius 1 is 1.09 bits per heavy atom. The average Bonchev–Trinajstić information content (AvgIpc) is 2.95. The van der Waals surface area contributed by atoms with Crippen molar-refractivity contribution >= 4 is 8.32 Å².